The highest BCUT2D eigenvalue weighted by Gasteiger charge is 2.39. The summed E-state index contributed by atoms with van der Waals surface area (Å²) < 4.78 is 4.96. The molecule has 0 saturated carbocycles. The first-order chi connectivity index (χ1) is 10.4. The lowest BCUT2D eigenvalue weighted by Gasteiger charge is -2.23. The molecule has 0 aliphatic carbocycles. The SMILES string of the molecule is CCOC(=O)C1CC(O)CN1C(=O)Cc1ccc(Cl)cc1Cl. The molecule has 0 radical (unpaired) electrons. The first kappa shape index (κ1) is 17.1. The van der Waals surface area contributed by atoms with E-state index in [2.05, 4.69) is 0 Å². The minimum Gasteiger partial charge on any atom is -0.464 e. The summed E-state index contributed by atoms with van der Waals surface area (Å²) in [5.74, 6) is -0.770. The quantitative estimate of drug-likeness (QED) is 0.848. The van der Waals surface area contributed by atoms with Gasteiger partial charge in [-0.1, -0.05) is 29.3 Å². The van der Waals surface area contributed by atoms with Crippen LogP contribution in [0.3, 0.4) is 0 Å². The Balaban J connectivity index is 2.11. The van der Waals surface area contributed by atoms with Gasteiger partial charge in [0.05, 0.1) is 19.1 Å². The molecule has 5 nitrogen and oxygen atoms in total. The van der Waals surface area contributed by atoms with E-state index in [-0.39, 0.29) is 31.9 Å². The van der Waals surface area contributed by atoms with Crippen LogP contribution in [0.15, 0.2) is 18.2 Å². The van der Waals surface area contributed by atoms with Gasteiger partial charge in [-0.05, 0) is 24.6 Å². The van der Waals surface area contributed by atoms with E-state index in [1.165, 1.54) is 4.90 Å². The van der Waals surface area contributed by atoms with Gasteiger partial charge in [0, 0.05) is 23.0 Å². The van der Waals surface area contributed by atoms with E-state index in [0.29, 0.717) is 15.6 Å². The number of benzene rings is 1. The minimum absolute atomic E-state index is 0.0403. The molecule has 0 bridgehead atoms. The number of hydrogen-bond acceptors (Lipinski definition) is 4. The first-order valence-electron chi connectivity index (χ1n) is 7.00. The Morgan fingerprint density at radius 1 is 1.41 bits per heavy atom. The van der Waals surface area contributed by atoms with Gasteiger partial charge in [-0.15, -0.1) is 0 Å². The second kappa shape index (κ2) is 7.31. The van der Waals surface area contributed by atoms with Crippen LogP contribution in [0.5, 0.6) is 0 Å². The maximum absolute atomic E-state index is 12.4. The number of hydrogen-bond donors (Lipinski definition) is 1. The van der Waals surface area contributed by atoms with Crippen molar-refractivity contribution >= 4 is 35.1 Å². The Morgan fingerprint density at radius 2 is 2.14 bits per heavy atom. The molecule has 1 amide bonds. The lowest BCUT2D eigenvalue weighted by molar-refractivity contribution is -0.152. The molecule has 2 atom stereocenters. The maximum Gasteiger partial charge on any atom is 0.328 e. The van der Waals surface area contributed by atoms with Crippen molar-refractivity contribution < 1.29 is 19.4 Å². The van der Waals surface area contributed by atoms with Crippen LogP contribution in [0, 0.1) is 0 Å². The fraction of sp³-hybridized carbons (Fsp3) is 0.467. The lowest BCUT2D eigenvalue weighted by Crippen LogP contribution is -2.42. The number of likely N-dealkylation sites (tertiary alicyclic amines) is 1. The van der Waals surface area contributed by atoms with E-state index in [0.717, 1.165) is 0 Å². The van der Waals surface area contributed by atoms with Gasteiger partial charge in [0.15, 0.2) is 0 Å². The molecule has 22 heavy (non-hydrogen) atoms. The summed E-state index contributed by atoms with van der Waals surface area (Å²) in [5, 5.41) is 10.6. The predicted molar refractivity (Wildman–Crippen MR) is 82.9 cm³/mol. The van der Waals surface area contributed by atoms with Gasteiger partial charge in [-0.2, -0.15) is 0 Å². The van der Waals surface area contributed by atoms with E-state index in [4.69, 9.17) is 27.9 Å². The highest BCUT2D eigenvalue weighted by Crippen LogP contribution is 2.24. The van der Waals surface area contributed by atoms with Crippen LogP contribution in [0.25, 0.3) is 0 Å². The van der Waals surface area contributed by atoms with Crippen LogP contribution in [0.4, 0.5) is 0 Å². The third-order valence-electron chi connectivity index (χ3n) is 3.51. The molecule has 120 valence electrons. The third kappa shape index (κ3) is 3.91. The highest BCUT2D eigenvalue weighted by atomic mass is 35.5. The number of nitrogens with zero attached hydrogens (tertiary/aromatic N) is 1. The number of amides is 1. The summed E-state index contributed by atoms with van der Waals surface area (Å²) in [6.07, 6.45) is -0.489. The fourth-order valence-electron chi connectivity index (χ4n) is 2.48. The molecule has 1 aliphatic rings. The van der Waals surface area contributed by atoms with Crippen molar-refractivity contribution in [3.63, 3.8) is 0 Å². The van der Waals surface area contributed by atoms with E-state index < -0.39 is 18.1 Å². The molecule has 1 N–H and O–H groups in total. The smallest absolute Gasteiger partial charge is 0.328 e. The van der Waals surface area contributed by atoms with E-state index in [1.54, 1.807) is 25.1 Å². The second-order valence-electron chi connectivity index (χ2n) is 5.12. The Labute approximate surface area is 138 Å². The Morgan fingerprint density at radius 3 is 2.77 bits per heavy atom. The van der Waals surface area contributed by atoms with Crippen LogP contribution in [-0.2, 0) is 20.7 Å². The van der Waals surface area contributed by atoms with Crippen molar-refractivity contribution in [1.82, 2.24) is 4.90 Å². The van der Waals surface area contributed by atoms with Gasteiger partial charge < -0.3 is 14.7 Å². The minimum atomic E-state index is -0.742. The van der Waals surface area contributed by atoms with Crippen molar-refractivity contribution in [2.75, 3.05) is 13.2 Å². The normalized spacial score (nSPS) is 21.0. The lowest BCUT2D eigenvalue weighted by atomic mass is 10.1. The van der Waals surface area contributed by atoms with Crippen molar-refractivity contribution in [2.45, 2.75) is 31.9 Å². The Kier molecular flexibility index (Phi) is 5.67. The van der Waals surface area contributed by atoms with Crippen LogP contribution >= 0.6 is 23.2 Å². The number of aliphatic hydroxyl groups excluding tert-OH is 1. The van der Waals surface area contributed by atoms with Crippen molar-refractivity contribution in [3.8, 4) is 0 Å². The summed E-state index contributed by atoms with van der Waals surface area (Å²) in [5.41, 5.74) is 0.625. The third-order valence-corrected chi connectivity index (χ3v) is 4.10. The summed E-state index contributed by atoms with van der Waals surface area (Å²) in [6, 6.07) is 4.15. The van der Waals surface area contributed by atoms with Crippen molar-refractivity contribution in [2.24, 2.45) is 0 Å². The molecule has 2 rings (SSSR count). The molecular formula is C15H17Cl2NO4. The fourth-order valence-corrected chi connectivity index (χ4v) is 2.96. The molecule has 1 aromatic rings. The number of β-amino-alcohol motifs (C(OH)–C–C–N with tert-alkyl or cyclic N) is 1. The number of halogens is 2. The maximum atomic E-state index is 12.4. The molecule has 1 fully saturated rings. The van der Waals surface area contributed by atoms with E-state index in [1.807, 2.05) is 0 Å². The summed E-state index contributed by atoms with van der Waals surface area (Å²) in [4.78, 5) is 25.7. The predicted octanol–water partition coefficient (Wildman–Crippen LogP) is 2.06. The zero-order valence-electron chi connectivity index (χ0n) is 12.1. The van der Waals surface area contributed by atoms with Gasteiger partial charge in [0.25, 0.3) is 0 Å². The van der Waals surface area contributed by atoms with Crippen LogP contribution in [0.1, 0.15) is 18.9 Å². The van der Waals surface area contributed by atoms with Gasteiger partial charge in [-0.25, -0.2) is 4.79 Å². The molecule has 1 saturated heterocycles. The monoisotopic (exact) mass is 345 g/mol. The number of carbonyl (C=O) groups is 2. The zero-order valence-corrected chi connectivity index (χ0v) is 13.6. The molecule has 0 aromatic heterocycles. The van der Waals surface area contributed by atoms with E-state index in [9.17, 15) is 14.7 Å². The summed E-state index contributed by atoms with van der Waals surface area (Å²) >= 11 is 11.9. The van der Waals surface area contributed by atoms with Gasteiger partial charge in [0.2, 0.25) is 5.91 Å². The highest BCUT2D eigenvalue weighted by molar-refractivity contribution is 6.35. The van der Waals surface area contributed by atoms with Crippen molar-refractivity contribution in [3.05, 3.63) is 33.8 Å². The number of aliphatic hydroxyl groups is 1. The second-order valence-corrected chi connectivity index (χ2v) is 5.96. The van der Waals surface area contributed by atoms with Crippen LogP contribution < -0.4 is 0 Å². The van der Waals surface area contributed by atoms with Gasteiger partial charge >= 0.3 is 5.97 Å². The first-order valence-corrected chi connectivity index (χ1v) is 7.76. The Bertz CT molecular complexity index is 579. The molecule has 7 heteroatoms. The average molecular weight is 346 g/mol. The molecule has 1 aliphatic heterocycles. The van der Waals surface area contributed by atoms with Gasteiger partial charge in [0.1, 0.15) is 6.04 Å². The number of rotatable bonds is 4. The molecular weight excluding hydrogens is 329 g/mol. The molecule has 2 unspecified atom stereocenters. The largest absolute Gasteiger partial charge is 0.464 e. The van der Waals surface area contributed by atoms with E-state index >= 15 is 0 Å². The molecule has 1 aromatic carbocycles. The molecule has 0 spiro atoms. The Hall–Kier alpha value is -1.30. The summed E-state index contributed by atoms with van der Waals surface area (Å²) in [6.45, 7) is 2.05. The standard InChI is InChI=1S/C15H17Cl2NO4/c1-2-22-15(21)13-7-11(19)8-18(13)14(20)5-9-3-4-10(16)6-12(9)17/h3-4,6,11,13,19H,2,5,7-8H2,1H3. The van der Waals surface area contributed by atoms with Crippen molar-refractivity contribution in [1.29, 1.82) is 0 Å². The number of carbonyl (C=O) groups excluding carboxylic acids is 2. The van der Waals surface area contributed by atoms with Crippen LogP contribution in [-0.4, -0.2) is 47.2 Å². The van der Waals surface area contributed by atoms with Crippen LogP contribution in [0.2, 0.25) is 10.0 Å². The summed E-state index contributed by atoms with van der Waals surface area (Å²) in [7, 11) is 0. The number of ether oxygens (including phenoxy) is 1. The topological polar surface area (TPSA) is 66.8 Å². The average Bonchev–Trinajstić information content (AvgIpc) is 2.84. The van der Waals surface area contributed by atoms with Gasteiger partial charge in [-0.3, -0.25) is 4.79 Å². The number of esters is 1. The molecule has 1 heterocycles. The zero-order chi connectivity index (χ0) is 16.3.